The molecule has 1 fully saturated rings. The predicted octanol–water partition coefficient (Wildman–Crippen LogP) is 3.74. The number of benzene rings is 1. The van der Waals surface area contributed by atoms with E-state index in [-0.39, 0.29) is 55.2 Å². The molecule has 11 heteroatoms. The number of hydrogen-bond acceptors (Lipinski definition) is 4. The number of rotatable bonds is 3. The van der Waals surface area contributed by atoms with Crippen LogP contribution in [0, 0.1) is 6.92 Å². The Morgan fingerprint density at radius 1 is 1.16 bits per heavy atom. The standard InChI is InChI=1S/C20H24F3N5O.2ClH/c1-13-3-2-4-14(11-13)19(12-24)7-5-15(6-8-19)27-9-10-28-16(17(27)29)25-26-18(28)20(21,22)23;;/h2-4,11,15H,5-10,12,24H2,1H3;2*1H/t15-,19-;;. The van der Waals surface area contributed by atoms with Crippen molar-refractivity contribution in [2.75, 3.05) is 13.1 Å². The summed E-state index contributed by atoms with van der Waals surface area (Å²) in [5, 5.41) is 6.74. The van der Waals surface area contributed by atoms with Crippen molar-refractivity contribution >= 4 is 30.7 Å². The van der Waals surface area contributed by atoms with Gasteiger partial charge in [-0.1, -0.05) is 29.8 Å². The molecule has 1 saturated carbocycles. The van der Waals surface area contributed by atoms with Crippen molar-refractivity contribution in [1.29, 1.82) is 0 Å². The normalized spacial score (nSPS) is 23.6. The number of aryl methyl sites for hydroxylation is 1. The van der Waals surface area contributed by atoms with Crippen LogP contribution >= 0.6 is 24.8 Å². The first-order valence-electron chi connectivity index (χ1n) is 9.84. The van der Waals surface area contributed by atoms with E-state index in [2.05, 4.69) is 35.3 Å². The Labute approximate surface area is 191 Å². The predicted molar refractivity (Wildman–Crippen MR) is 115 cm³/mol. The van der Waals surface area contributed by atoms with Crippen molar-refractivity contribution < 1.29 is 18.0 Å². The fraction of sp³-hybridized carbons (Fsp3) is 0.550. The van der Waals surface area contributed by atoms with E-state index in [4.69, 9.17) is 5.73 Å². The van der Waals surface area contributed by atoms with Crippen LogP contribution in [-0.2, 0) is 18.1 Å². The van der Waals surface area contributed by atoms with Crippen LogP contribution in [0.1, 0.15) is 53.3 Å². The second-order valence-electron chi connectivity index (χ2n) is 8.08. The number of halogens is 5. The fourth-order valence-electron chi connectivity index (χ4n) is 4.72. The van der Waals surface area contributed by atoms with E-state index in [0.717, 1.165) is 30.3 Å². The number of fused-ring (bicyclic) bond motifs is 1. The highest BCUT2D eigenvalue weighted by atomic mass is 35.5. The molecule has 1 aliphatic carbocycles. The summed E-state index contributed by atoms with van der Waals surface area (Å²) in [5.74, 6) is -1.80. The van der Waals surface area contributed by atoms with Crippen molar-refractivity contribution in [3.05, 3.63) is 47.0 Å². The SMILES string of the molecule is Cc1cccc([C@]2(CN)CC[C@@H](N3CCn4c(nnc4C(F)(F)F)C3=O)CC2)c1.Cl.Cl. The van der Waals surface area contributed by atoms with Crippen molar-refractivity contribution in [3.63, 3.8) is 0 Å². The van der Waals surface area contributed by atoms with Gasteiger partial charge < -0.3 is 10.6 Å². The molecule has 1 aromatic carbocycles. The van der Waals surface area contributed by atoms with Crippen LogP contribution < -0.4 is 5.73 Å². The third-order valence-corrected chi connectivity index (χ3v) is 6.40. The minimum Gasteiger partial charge on any atom is -0.331 e. The van der Waals surface area contributed by atoms with Crippen LogP contribution in [-0.4, -0.2) is 44.7 Å². The first kappa shape index (κ1) is 25.4. The van der Waals surface area contributed by atoms with Gasteiger partial charge in [0.05, 0.1) is 0 Å². The van der Waals surface area contributed by atoms with Crippen molar-refractivity contribution in [2.24, 2.45) is 5.73 Å². The molecule has 0 unspecified atom stereocenters. The molecule has 0 saturated heterocycles. The zero-order chi connectivity index (χ0) is 20.8. The van der Waals surface area contributed by atoms with Crippen LogP contribution in [0.5, 0.6) is 0 Å². The minimum absolute atomic E-state index is 0. The Morgan fingerprint density at radius 2 is 1.84 bits per heavy atom. The Morgan fingerprint density at radius 3 is 2.42 bits per heavy atom. The van der Waals surface area contributed by atoms with E-state index in [1.54, 1.807) is 4.90 Å². The van der Waals surface area contributed by atoms with E-state index >= 15 is 0 Å². The topological polar surface area (TPSA) is 77.0 Å². The van der Waals surface area contributed by atoms with Crippen LogP contribution in [0.25, 0.3) is 0 Å². The lowest BCUT2D eigenvalue weighted by atomic mass is 9.67. The molecule has 4 rings (SSSR count). The quantitative estimate of drug-likeness (QED) is 0.727. The molecule has 172 valence electrons. The molecule has 1 aromatic heterocycles. The molecular weight excluding hydrogens is 454 g/mol. The molecule has 1 amide bonds. The van der Waals surface area contributed by atoms with E-state index in [1.807, 2.05) is 6.07 Å². The summed E-state index contributed by atoms with van der Waals surface area (Å²) >= 11 is 0. The summed E-state index contributed by atoms with van der Waals surface area (Å²) in [6.07, 6.45) is -1.43. The summed E-state index contributed by atoms with van der Waals surface area (Å²) in [6.45, 7) is 2.87. The maximum atomic E-state index is 13.0. The third kappa shape index (κ3) is 4.54. The molecule has 0 radical (unpaired) electrons. The average molecular weight is 480 g/mol. The van der Waals surface area contributed by atoms with E-state index in [1.165, 1.54) is 11.1 Å². The highest BCUT2D eigenvalue weighted by Crippen LogP contribution is 2.41. The molecule has 0 bridgehead atoms. The molecule has 0 spiro atoms. The highest BCUT2D eigenvalue weighted by molar-refractivity contribution is 5.91. The molecule has 2 aromatic rings. The number of alkyl halides is 3. The maximum absolute atomic E-state index is 13.0. The Kier molecular flexibility index (Phi) is 7.66. The van der Waals surface area contributed by atoms with Gasteiger partial charge in [-0.2, -0.15) is 13.2 Å². The fourth-order valence-corrected chi connectivity index (χ4v) is 4.72. The second kappa shape index (κ2) is 9.34. The van der Waals surface area contributed by atoms with Crippen LogP contribution in [0.2, 0.25) is 0 Å². The van der Waals surface area contributed by atoms with Gasteiger partial charge >= 0.3 is 6.18 Å². The molecular formula is C20H26Cl2F3N5O. The Hall–Kier alpha value is -1.84. The van der Waals surface area contributed by atoms with E-state index in [9.17, 15) is 18.0 Å². The van der Waals surface area contributed by atoms with Gasteiger partial charge in [0.1, 0.15) is 0 Å². The van der Waals surface area contributed by atoms with Crippen molar-refractivity contribution in [1.82, 2.24) is 19.7 Å². The summed E-state index contributed by atoms with van der Waals surface area (Å²) in [7, 11) is 0. The van der Waals surface area contributed by atoms with Gasteiger partial charge in [-0.25, -0.2) is 0 Å². The van der Waals surface area contributed by atoms with Gasteiger partial charge in [0.2, 0.25) is 11.6 Å². The van der Waals surface area contributed by atoms with Gasteiger partial charge in [-0.05, 0) is 38.2 Å². The zero-order valence-electron chi connectivity index (χ0n) is 17.1. The summed E-state index contributed by atoms with van der Waals surface area (Å²) < 4.78 is 40.0. The number of aromatic nitrogens is 3. The molecule has 31 heavy (non-hydrogen) atoms. The second-order valence-corrected chi connectivity index (χ2v) is 8.08. The monoisotopic (exact) mass is 479 g/mol. The number of amides is 1. The summed E-state index contributed by atoms with van der Waals surface area (Å²) in [6, 6.07) is 8.34. The molecule has 2 N–H and O–H groups in total. The highest BCUT2D eigenvalue weighted by Gasteiger charge is 2.44. The molecule has 6 nitrogen and oxygen atoms in total. The smallest absolute Gasteiger partial charge is 0.331 e. The van der Waals surface area contributed by atoms with Gasteiger partial charge in [0, 0.05) is 31.1 Å². The lowest BCUT2D eigenvalue weighted by Gasteiger charge is -2.44. The van der Waals surface area contributed by atoms with Crippen molar-refractivity contribution in [3.8, 4) is 0 Å². The lowest BCUT2D eigenvalue weighted by molar-refractivity contribution is -0.147. The number of nitrogens with two attached hydrogens (primary N) is 1. The van der Waals surface area contributed by atoms with Gasteiger partial charge in [0.25, 0.3) is 5.91 Å². The first-order valence-corrected chi connectivity index (χ1v) is 9.84. The van der Waals surface area contributed by atoms with Crippen LogP contribution in [0.3, 0.4) is 0 Å². The third-order valence-electron chi connectivity index (χ3n) is 6.40. The average Bonchev–Trinajstić information content (AvgIpc) is 3.14. The van der Waals surface area contributed by atoms with Gasteiger partial charge in [0.15, 0.2) is 0 Å². The van der Waals surface area contributed by atoms with Crippen molar-refractivity contribution in [2.45, 2.75) is 56.8 Å². The molecule has 1 aliphatic heterocycles. The maximum Gasteiger partial charge on any atom is 0.451 e. The van der Waals surface area contributed by atoms with Gasteiger partial charge in [-0.15, -0.1) is 35.0 Å². The van der Waals surface area contributed by atoms with Gasteiger partial charge in [-0.3, -0.25) is 9.36 Å². The molecule has 2 aliphatic rings. The number of carbonyl (C=O) groups is 1. The largest absolute Gasteiger partial charge is 0.451 e. The molecule has 0 atom stereocenters. The van der Waals surface area contributed by atoms with Crippen LogP contribution in [0.15, 0.2) is 24.3 Å². The number of carbonyl (C=O) groups excluding carboxylic acids is 1. The zero-order valence-corrected chi connectivity index (χ0v) is 18.7. The van der Waals surface area contributed by atoms with Crippen LogP contribution in [0.4, 0.5) is 13.2 Å². The first-order chi connectivity index (χ1) is 13.7. The van der Waals surface area contributed by atoms with E-state index < -0.39 is 17.9 Å². The molecule has 2 heterocycles. The Balaban J connectivity index is 0.00000171. The van der Waals surface area contributed by atoms with E-state index in [0.29, 0.717) is 6.54 Å². The lowest BCUT2D eigenvalue weighted by Crippen LogP contribution is -2.51. The minimum atomic E-state index is -4.62. The summed E-state index contributed by atoms with van der Waals surface area (Å²) in [4.78, 5) is 14.5. The summed E-state index contributed by atoms with van der Waals surface area (Å²) in [5.41, 5.74) is 8.45. The number of hydrogen-bond donors (Lipinski definition) is 1. The number of nitrogens with zero attached hydrogens (tertiary/aromatic N) is 4. The Bertz CT molecular complexity index is 926.